The normalized spacial score (nSPS) is 10.5. The summed E-state index contributed by atoms with van der Waals surface area (Å²) >= 11 is 3.40. The Morgan fingerprint density at radius 2 is 2.00 bits per heavy atom. The molecule has 2 aromatic carbocycles. The molecule has 0 saturated heterocycles. The van der Waals surface area contributed by atoms with Crippen molar-refractivity contribution in [3.8, 4) is 0 Å². The predicted molar refractivity (Wildman–Crippen MR) is 92.4 cm³/mol. The zero-order valence-corrected chi connectivity index (χ0v) is 14.1. The van der Waals surface area contributed by atoms with Crippen molar-refractivity contribution in [1.29, 1.82) is 0 Å². The molecule has 0 atom stereocenters. The van der Waals surface area contributed by atoms with Gasteiger partial charge in [-0.1, -0.05) is 51.5 Å². The van der Waals surface area contributed by atoms with Crippen LogP contribution in [-0.4, -0.2) is 20.9 Å². The van der Waals surface area contributed by atoms with Crippen LogP contribution in [0.25, 0.3) is 0 Å². The topological polar surface area (TPSA) is 59.8 Å². The number of nitrogens with one attached hydrogen (secondary N) is 1. The largest absolute Gasteiger partial charge is 0.320 e. The fourth-order valence-electron chi connectivity index (χ4n) is 2.20. The summed E-state index contributed by atoms with van der Waals surface area (Å²) in [6, 6.07) is 15.6. The molecule has 116 valence electrons. The van der Waals surface area contributed by atoms with E-state index in [0.717, 1.165) is 21.3 Å². The van der Waals surface area contributed by atoms with Gasteiger partial charge in [0.2, 0.25) is 0 Å². The van der Waals surface area contributed by atoms with Crippen LogP contribution in [0, 0.1) is 6.92 Å². The van der Waals surface area contributed by atoms with Crippen molar-refractivity contribution in [3.05, 3.63) is 76.0 Å². The molecule has 0 spiro atoms. The second-order valence-electron chi connectivity index (χ2n) is 5.20. The lowest BCUT2D eigenvalue weighted by atomic mass is 10.2. The molecule has 0 aliphatic rings. The number of anilines is 1. The summed E-state index contributed by atoms with van der Waals surface area (Å²) in [7, 11) is 0. The first-order valence-corrected chi connectivity index (χ1v) is 7.93. The quantitative estimate of drug-likeness (QED) is 0.762. The van der Waals surface area contributed by atoms with Crippen LogP contribution in [-0.2, 0) is 6.54 Å². The molecular weight excluding hydrogens is 356 g/mol. The van der Waals surface area contributed by atoms with Crippen molar-refractivity contribution in [2.45, 2.75) is 13.5 Å². The third-order valence-electron chi connectivity index (χ3n) is 3.40. The van der Waals surface area contributed by atoms with Crippen LogP contribution < -0.4 is 5.32 Å². The molecule has 3 rings (SSSR count). The molecule has 0 bridgehead atoms. The number of amides is 1. The van der Waals surface area contributed by atoms with E-state index in [1.807, 2.05) is 55.5 Å². The van der Waals surface area contributed by atoms with E-state index in [4.69, 9.17) is 0 Å². The molecule has 1 amide bonds. The number of benzene rings is 2. The zero-order chi connectivity index (χ0) is 16.2. The van der Waals surface area contributed by atoms with Gasteiger partial charge in [0.15, 0.2) is 5.69 Å². The number of rotatable bonds is 4. The zero-order valence-electron chi connectivity index (χ0n) is 12.5. The van der Waals surface area contributed by atoms with Gasteiger partial charge >= 0.3 is 0 Å². The second-order valence-corrected chi connectivity index (χ2v) is 6.12. The Kier molecular flexibility index (Phi) is 4.52. The van der Waals surface area contributed by atoms with Crippen molar-refractivity contribution in [2.24, 2.45) is 0 Å². The Hall–Kier alpha value is -2.47. The van der Waals surface area contributed by atoms with E-state index in [2.05, 4.69) is 31.6 Å². The number of carbonyl (C=O) groups is 1. The van der Waals surface area contributed by atoms with Crippen LogP contribution in [0.2, 0.25) is 0 Å². The summed E-state index contributed by atoms with van der Waals surface area (Å²) in [5.41, 5.74) is 3.14. The van der Waals surface area contributed by atoms with Crippen LogP contribution in [0.3, 0.4) is 0 Å². The molecule has 1 aromatic heterocycles. The van der Waals surface area contributed by atoms with Crippen molar-refractivity contribution < 1.29 is 4.79 Å². The highest BCUT2D eigenvalue weighted by molar-refractivity contribution is 9.10. The molecule has 0 unspecified atom stereocenters. The molecule has 1 heterocycles. The highest BCUT2D eigenvalue weighted by Gasteiger charge is 2.12. The second kappa shape index (κ2) is 6.75. The maximum Gasteiger partial charge on any atom is 0.277 e. The number of hydrogen-bond acceptors (Lipinski definition) is 3. The third kappa shape index (κ3) is 3.84. The van der Waals surface area contributed by atoms with E-state index in [9.17, 15) is 4.79 Å². The summed E-state index contributed by atoms with van der Waals surface area (Å²) in [6.45, 7) is 2.52. The van der Waals surface area contributed by atoms with Gasteiger partial charge in [-0.3, -0.25) is 4.79 Å². The summed E-state index contributed by atoms with van der Waals surface area (Å²) < 4.78 is 2.63. The van der Waals surface area contributed by atoms with E-state index < -0.39 is 0 Å². The molecule has 5 nitrogen and oxygen atoms in total. The lowest BCUT2D eigenvalue weighted by Gasteiger charge is -2.06. The minimum atomic E-state index is -0.269. The van der Waals surface area contributed by atoms with Crippen molar-refractivity contribution in [3.63, 3.8) is 0 Å². The fourth-order valence-corrected chi connectivity index (χ4v) is 2.68. The highest BCUT2D eigenvalue weighted by atomic mass is 79.9. The third-order valence-corrected chi connectivity index (χ3v) is 3.89. The molecular formula is C17H15BrN4O. The minimum Gasteiger partial charge on any atom is -0.320 e. The van der Waals surface area contributed by atoms with E-state index in [0.29, 0.717) is 12.2 Å². The summed E-state index contributed by atoms with van der Waals surface area (Å²) in [5.74, 6) is -0.269. The Labute approximate surface area is 142 Å². The van der Waals surface area contributed by atoms with Crippen LogP contribution in [0.5, 0.6) is 0 Å². The molecule has 0 aliphatic heterocycles. The van der Waals surface area contributed by atoms with Gasteiger partial charge in [-0.25, -0.2) is 4.68 Å². The fraction of sp³-hybridized carbons (Fsp3) is 0.118. The van der Waals surface area contributed by atoms with Gasteiger partial charge in [0.05, 0.1) is 12.7 Å². The number of carbonyl (C=O) groups excluding carboxylic acids is 1. The minimum absolute atomic E-state index is 0.269. The Balaban J connectivity index is 1.71. The first kappa shape index (κ1) is 15.4. The average Bonchev–Trinajstić information content (AvgIpc) is 3.00. The van der Waals surface area contributed by atoms with E-state index in [1.54, 1.807) is 10.9 Å². The number of hydrogen-bond donors (Lipinski definition) is 1. The molecule has 0 fully saturated rings. The number of nitrogens with zero attached hydrogens (tertiary/aromatic N) is 3. The van der Waals surface area contributed by atoms with Gasteiger partial charge in [0.1, 0.15) is 0 Å². The van der Waals surface area contributed by atoms with Crippen molar-refractivity contribution in [1.82, 2.24) is 15.0 Å². The Bertz CT molecular complexity index is 830. The van der Waals surface area contributed by atoms with Crippen molar-refractivity contribution >= 4 is 27.5 Å². The number of aryl methyl sites for hydroxylation is 1. The molecule has 6 heteroatoms. The molecule has 0 saturated carbocycles. The predicted octanol–water partition coefficient (Wildman–Crippen LogP) is 3.65. The SMILES string of the molecule is Cc1cc(Br)ccc1NC(=O)c1cn(Cc2ccccc2)nn1. The maximum atomic E-state index is 12.3. The smallest absolute Gasteiger partial charge is 0.277 e. The van der Waals surface area contributed by atoms with E-state index >= 15 is 0 Å². The van der Waals surface area contributed by atoms with Gasteiger partial charge in [-0.05, 0) is 36.2 Å². The van der Waals surface area contributed by atoms with Gasteiger partial charge in [-0.15, -0.1) is 5.10 Å². The summed E-state index contributed by atoms with van der Waals surface area (Å²) in [6.07, 6.45) is 1.65. The maximum absolute atomic E-state index is 12.3. The molecule has 23 heavy (non-hydrogen) atoms. The number of aromatic nitrogens is 3. The standard InChI is InChI=1S/C17H15BrN4O/c1-12-9-14(18)7-8-15(12)19-17(23)16-11-22(21-20-16)10-13-5-3-2-4-6-13/h2-9,11H,10H2,1H3,(H,19,23). The molecule has 0 aliphatic carbocycles. The van der Waals surface area contributed by atoms with Crippen LogP contribution in [0.4, 0.5) is 5.69 Å². The molecule has 3 aromatic rings. The molecule has 0 radical (unpaired) electrons. The first-order valence-electron chi connectivity index (χ1n) is 7.13. The van der Waals surface area contributed by atoms with Gasteiger partial charge in [-0.2, -0.15) is 0 Å². The first-order chi connectivity index (χ1) is 11.1. The highest BCUT2D eigenvalue weighted by Crippen LogP contribution is 2.20. The lowest BCUT2D eigenvalue weighted by molar-refractivity contribution is 0.102. The van der Waals surface area contributed by atoms with Crippen molar-refractivity contribution in [2.75, 3.05) is 5.32 Å². The Morgan fingerprint density at radius 1 is 1.22 bits per heavy atom. The molecule has 1 N–H and O–H groups in total. The van der Waals surface area contributed by atoms with Crippen LogP contribution >= 0.6 is 15.9 Å². The van der Waals surface area contributed by atoms with Gasteiger partial charge in [0.25, 0.3) is 5.91 Å². The van der Waals surface area contributed by atoms with Crippen LogP contribution in [0.15, 0.2) is 59.2 Å². The average molecular weight is 371 g/mol. The monoisotopic (exact) mass is 370 g/mol. The summed E-state index contributed by atoms with van der Waals surface area (Å²) in [4.78, 5) is 12.3. The van der Waals surface area contributed by atoms with Gasteiger partial charge < -0.3 is 5.32 Å². The summed E-state index contributed by atoms with van der Waals surface area (Å²) in [5, 5.41) is 10.8. The Morgan fingerprint density at radius 3 is 2.74 bits per heavy atom. The van der Waals surface area contributed by atoms with E-state index in [1.165, 1.54) is 0 Å². The van der Waals surface area contributed by atoms with E-state index in [-0.39, 0.29) is 5.91 Å². The van der Waals surface area contributed by atoms with Crippen LogP contribution in [0.1, 0.15) is 21.6 Å². The number of halogens is 1. The lowest BCUT2D eigenvalue weighted by Crippen LogP contribution is -2.13. The van der Waals surface area contributed by atoms with Gasteiger partial charge in [0, 0.05) is 10.2 Å².